The number of ether oxygens (including phenoxy) is 1. The second-order valence-electron chi connectivity index (χ2n) is 6.91. The fourth-order valence-electron chi connectivity index (χ4n) is 3.57. The van der Waals surface area contributed by atoms with Gasteiger partial charge in [-0.05, 0) is 54.3 Å². The van der Waals surface area contributed by atoms with Crippen molar-refractivity contribution >= 4 is 0 Å². The highest BCUT2D eigenvalue weighted by atomic mass is 19.4. The first kappa shape index (κ1) is 21.4. The van der Waals surface area contributed by atoms with Crippen molar-refractivity contribution in [3.05, 3.63) is 64.7 Å². The summed E-state index contributed by atoms with van der Waals surface area (Å²) in [6, 6.07) is 6.29. The standard InChI is InChI=1S/C20H18F6NO2/c1-29-16-5-2-4-13(11-16)18(28)6-3-7-27-17(18)12-8-14(19(21,22)23)10-15(9-12)20(24,25)26/h2,4-5,8-11,17,28H,3,6-7H2,1H3. The molecule has 1 radical (unpaired) electrons. The number of nitrogens with zero attached hydrogens (tertiary/aromatic N) is 1. The highest BCUT2D eigenvalue weighted by molar-refractivity contribution is 5.40. The molecule has 1 aliphatic rings. The molecular formula is C20H18F6NO2. The lowest BCUT2D eigenvalue weighted by Crippen LogP contribution is -2.43. The molecule has 29 heavy (non-hydrogen) atoms. The van der Waals surface area contributed by atoms with Gasteiger partial charge in [0.05, 0.1) is 24.3 Å². The van der Waals surface area contributed by atoms with Gasteiger partial charge >= 0.3 is 12.4 Å². The Morgan fingerprint density at radius 3 is 2.17 bits per heavy atom. The van der Waals surface area contributed by atoms with Crippen LogP contribution in [0.25, 0.3) is 0 Å². The number of halogens is 6. The van der Waals surface area contributed by atoms with E-state index in [4.69, 9.17) is 4.74 Å². The molecule has 0 aliphatic carbocycles. The zero-order valence-electron chi connectivity index (χ0n) is 15.3. The summed E-state index contributed by atoms with van der Waals surface area (Å²) in [4.78, 5) is 0. The molecule has 9 heteroatoms. The summed E-state index contributed by atoms with van der Waals surface area (Å²) < 4.78 is 84.6. The van der Waals surface area contributed by atoms with E-state index in [1.165, 1.54) is 13.2 Å². The Kier molecular flexibility index (Phi) is 5.57. The van der Waals surface area contributed by atoms with E-state index >= 15 is 0 Å². The summed E-state index contributed by atoms with van der Waals surface area (Å²) in [5, 5.41) is 15.6. The Hall–Kier alpha value is -2.26. The van der Waals surface area contributed by atoms with Crippen LogP contribution in [0.15, 0.2) is 42.5 Å². The van der Waals surface area contributed by atoms with Crippen LogP contribution in [0.4, 0.5) is 26.3 Å². The van der Waals surface area contributed by atoms with E-state index in [-0.39, 0.29) is 24.6 Å². The number of aliphatic hydroxyl groups is 1. The Bertz CT molecular complexity index is 848. The third-order valence-corrected chi connectivity index (χ3v) is 4.98. The number of hydrogen-bond acceptors (Lipinski definition) is 2. The van der Waals surface area contributed by atoms with E-state index in [2.05, 4.69) is 5.32 Å². The van der Waals surface area contributed by atoms with Crippen LogP contribution in [0.1, 0.15) is 41.1 Å². The van der Waals surface area contributed by atoms with Crippen LogP contribution in [0.2, 0.25) is 0 Å². The molecule has 1 heterocycles. The van der Waals surface area contributed by atoms with E-state index < -0.39 is 35.1 Å². The second kappa shape index (κ2) is 7.53. The Labute approximate surface area is 163 Å². The van der Waals surface area contributed by atoms with Crippen molar-refractivity contribution < 1.29 is 36.2 Å². The lowest BCUT2D eigenvalue weighted by molar-refractivity contribution is -0.143. The summed E-state index contributed by atoms with van der Waals surface area (Å²) in [6.07, 6.45) is -9.38. The minimum absolute atomic E-state index is 0.0664. The predicted molar refractivity (Wildman–Crippen MR) is 92.3 cm³/mol. The summed E-state index contributed by atoms with van der Waals surface area (Å²) in [5.41, 5.74) is -4.65. The fraction of sp³-hybridized carbons (Fsp3) is 0.400. The first-order valence-electron chi connectivity index (χ1n) is 8.78. The van der Waals surface area contributed by atoms with E-state index in [1.54, 1.807) is 18.2 Å². The molecule has 1 N–H and O–H groups in total. The van der Waals surface area contributed by atoms with Gasteiger partial charge in [0.2, 0.25) is 0 Å². The number of benzene rings is 2. The van der Waals surface area contributed by atoms with Gasteiger partial charge in [0.1, 0.15) is 11.4 Å². The van der Waals surface area contributed by atoms with Crippen LogP contribution in [-0.4, -0.2) is 18.8 Å². The Morgan fingerprint density at radius 2 is 1.62 bits per heavy atom. The van der Waals surface area contributed by atoms with Crippen molar-refractivity contribution in [1.29, 1.82) is 0 Å². The number of methoxy groups -OCH3 is 1. The largest absolute Gasteiger partial charge is 0.497 e. The highest BCUT2D eigenvalue weighted by Crippen LogP contribution is 2.45. The molecule has 3 nitrogen and oxygen atoms in total. The van der Waals surface area contributed by atoms with Gasteiger partial charge in [-0.15, -0.1) is 0 Å². The second-order valence-corrected chi connectivity index (χ2v) is 6.91. The van der Waals surface area contributed by atoms with Gasteiger partial charge in [-0.25, -0.2) is 5.32 Å². The zero-order chi connectivity index (χ0) is 21.4. The van der Waals surface area contributed by atoms with Gasteiger partial charge in [0.15, 0.2) is 0 Å². The first-order chi connectivity index (χ1) is 13.4. The average Bonchev–Trinajstić information content (AvgIpc) is 2.66. The minimum atomic E-state index is -4.97. The van der Waals surface area contributed by atoms with Crippen LogP contribution in [0, 0.1) is 0 Å². The maximum atomic E-state index is 13.2. The van der Waals surface area contributed by atoms with Crippen molar-refractivity contribution in [2.75, 3.05) is 13.7 Å². The maximum Gasteiger partial charge on any atom is 0.416 e. The molecular weight excluding hydrogens is 400 g/mol. The monoisotopic (exact) mass is 418 g/mol. The van der Waals surface area contributed by atoms with Crippen molar-refractivity contribution in [2.24, 2.45) is 0 Å². The van der Waals surface area contributed by atoms with Gasteiger partial charge in [-0.2, -0.15) is 26.3 Å². The van der Waals surface area contributed by atoms with E-state index in [9.17, 15) is 31.4 Å². The molecule has 0 saturated carbocycles. The number of piperidine rings is 1. The Morgan fingerprint density at radius 1 is 1.00 bits per heavy atom. The molecule has 0 aromatic heterocycles. The summed E-state index contributed by atoms with van der Waals surface area (Å²) in [5.74, 6) is 0.403. The van der Waals surface area contributed by atoms with Gasteiger partial charge in [-0.1, -0.05) is 12.1 Å². The molecule has 157 valence electrons. The maximum absolute atomic E-state index is 13.2. The van der Waals surface area contributed by atoms with Crippen molar-refractivity contribution in [3.8, 4) is 5.75 Å². The molecule has 0 amide bonds. The molecule has 2 atom stereocenters. The predicted octanol–water partition coefficient (Wildman–Crippen LogP) is 5.06. The molecule has 1 saturated heterocycles. The van der Waals surface area contributed by atoms with E-state index in [0.717, 1.165) is 0 Å². The zero-order valence-corrected chi connectivity index (χ0v) is 15.3. The molecule has 1 fully saturated rings. The summed E-state index contributed by atoms with van der Waals surface area (Å²) >= 11 is 0. The topological polar surface area (TPSA) is 43.6 Å². The average molecular weight is 418 g/mol. The number of hydrogen-bond donors (Lipinski definition) is 1. The molecule has 0 bridgehead atoms. The fourth-order valence-corrected chi connectivity index (χ4v) is 3.57. The van der Waals surface area contributed by atoms with Crippen molar-refractivity contribution in [1.82, 2.24) is 5.32 Å². The normalized spacial score (nSPS) is 23.1. The van der Waals surface area contributed by atoms with Crippen molar-refractivity contribution in [3.63, 3.8) is 0 Å². The highest BCUT2D eigenvalue weighted by Gasteiger charge is 2.45. The van der Waals surface area contributed by atoms with Gasteiger partial charge in [0.25, 0.3) is 0 Å². The van der Waals surface area contributed by atoms with Crippen molar-refractivity contribution in [2.45, 2.75) is 36.8 Å². The summed E-state index contributed by atoms with van der Waals surface area (Å²) in [6.45, 7) is 0.217. The molecule has 2 aromatic carbocycles. The molecule has 3 rings (SSSR count). The smallest absolute Gasteiger partial charge is 0.416 e. The minimum Gasteiger partial charge on any atom is -0.497 e. The molecule has 2 aromatic rings. The third-order valence-electron chi connectivity index (χ3n) is 4.98. The van der Waals surface area contributed by atoms with Gasteiger partial charge in [0, 0.05) is 6.54 Å². The van der Waals surface area contributed by atoms with Gasteiger partial charge in [-0.3, -0.25) is 0 Å². The van der Waals surface area contributed by atoms with Crippen LogP contribution in [0.3, 0.4) is 0 Å². The molecule has 0 spiro atoms. The van der Waals surface area contributed by atoms with Crippen LogP contribution in [0.5, 0.6) is 5.75 Å². The number of alkyl halides is 6. The van der Waals surface area contributed by atoms with E-state index in [1.807, 2.05) is 0 Å². The SMILES string of the molecule is COc1cccc(C2(O)CCC[N]C2c2cc(C(F)(F)F)cc(C(F)(F)F)c2)c1. The van der Waals surface area contributed by atoms with Crippen LogP contribution in [-0.2, 0) is 18.0 Å². The quantitative estimate of drug-likeness (QED) is 0.709. The van der Waals surface area contributed by atoms with Crippen LogP contribution < -0.4 is 10.1 Å². The third kappa shape index (κ3) is 4.35. The lowest BCUT2D eigenvalue weighted by atomic mass is 9.76. The molecule has 1 aliphatic heterocycles. The number of rotatable bonds is 3. The molecule has 2 unspecified atom stereocenters. The van der Waals surface area contributed by atoms with E-state index in [0.29, 0.717) is 29.9 Å². The van der Waals surface area contributed by atoms with Gasteiger partial charge < -0.3 is 9.84 Å². The Balaban J connectivity index is 2.15. The summed E-state index contributed by atoms with van der Waals surface area (Å²) in [7, 11) is 1.41. The lowest BCUT2D eigenvalue weighted by Gasteiger charge is -2.40. The first-order valence-corrected chi connectivity index (χ1v) is 8.78. The van der Waals surface area contributed by atoms with Crippen LogP contribution >= 0.6 is 0 Å².